The van der Waals surface area contributed by atoms with Crippen molar-refractivity contribution in [2.45, 2.75) is 19.9 Å². The van der Waals surface area contributed by atoms with E-state index >= 15 is 0 Å². The van der Waals surface area contributed by atoms with Gasteiger partial charge in [-0.15, -0.1) is 24.8 Å². The van der Waals surface area contributed by atoms with Gasteiger partial charge in [-0.25, -0.2) is 0 Å². The van der Waals surface area contributed by atoms with Gasteiger partial charge in [0.2, 0.25) is 0 Å². The Labute approximate surface area is 91.4 Å². The molecule has 0 aliphatic heterocycles. The lowest BCUT2D eigenvalue weighted by molar-refractivity contribution is -0.145. The summed E-state index contributed by atoms with van der Waals surface area (Å²) in [6, 6.07) is -0.251. The minimum absolute atomic E-state index is 0. The minimum atomic E-state index is -0.251. The summed E-state index contributed by atoms with van der Waals surface area (Å²) >= 11 is 0. The molecule has 82 valence electrons. The molecule has 13 heavy (non-hydrogen) atoms. The molecular formula is C7H18Cl2N2O2. The molecule has 0 aromatic rings. The predicted molar refractivity (Wildman–Crippen MR) is 57.6 cm³/mol. The van der Waals surface area contributed by atoms with Crippen LogP contribution >= 0.6 is 24.8 Å². The van der Waals surface area contributed by atoms with Crippen LogP contribution in [0.3, 0.4) is 0 Å². The molecule has 0 aliphatic rings. The Hall–Kier alpha value is -0.0300. The van der Waals surface area contributed by atoms with Crippen molar-refractivity contribution in [2.24, 2.45) is 5.73 Å². The van der Waals surface area contributed by atoms with Crippen LogP contribution in [0.25, 0.3) is 0 Å². The van der Waals surface area contributed by atoms with Gasteiger partial charge in [-0.2, -0.15) is 0 Å². The number of hydrogen-bond donors (Lipinski definition) is 2. The van der Waals surface area contributed by atoms with E-state index in [1.807, 2.05) is 0 Å². The number of esters is 1. The van der Waals surface area contributed by atoms with Crippen LogP contribution < -0.4 is 11.1 Å². The number of nitrogens with two attached hydrogens (primary N) is 1. The Bertz CT molecular complexity index is 125. The molecule has 1 atom stereocenters. The minimum Gasteiger partial charge on any atom is -0.465 e. The van der Waals surface area contributed by atoms with E-state index in [1.54, 1.807) is 13.8 Å². The Kier molecular flexibility index (Phi) is 17.2. The van der Waals surface area contributed by atoms with E-state index in [-0.39, 0.29) is 36.8 Å². The smallest absolute Gasteiger partial charge is 0.322 e. The van der Waals surface area contributed by atoms with E-state index in [2.05, 4.69) is 5.32 Å². The van der Waals surface area contributed by atoms with Crippen LogP contribution in [-0.4, -0.2) is 31.7 Å². The zero-order chi connectivity index (χ0) is 8.69. The fourth-order valence-corrected chi connectivity index (χ4v) is 0.650. The van der Waals surface area contributed by atoms with Gasteiger partial charge < -0.3 is 15.8 Å². The fourth-order valence-electron chi connectivity index (χ4n) is 0.650. The average Bonchev–Trinajstić information content (AvgIpc) is 2.00. The molecule has 0 saturated heterocycles. The summed E-state index contributed by atoms with van der Waals surface area (Å²) in [5.74, 6) is -0.221. The van der Waals surface area contributed by atoms with Gasteiger partial charge >= 0.3 is 5.97 Å². The van der Waals surface area contributed by atoms with E-state index in [9.17, 15) is 4.79 Å². The Balaban J connectivity index is -0.000000500. The van der Waals surface area contributed by atoms with Crippen molar-refractivity contribution in [2.75, 3.05) is 19.7 Å². The fraction of sp³-hybridized carbons (Fsp3) is 0.857. The molecular weight excluding hydrogens is 215 g/mol. The van der Waals surface area contributed by atoms with Gasteiger partial charge in [0, 0.05) is 13.1 Å². The van der Waals surface area contributed by atoms with Crippen molar-refractivity contribution >= 4 is 30.8 Å². The maximum absolute atomic E-state index is 10.9. The molecule has 4 nitrogen and oxygen atoms in total. The molecule has 0 radical (unpaired) electrons. The largest absolute Gasteiger partial charge is 0.465 e. The van der Waals surface area contributed by atoms with E-state index < -0.39 is 0 Å². The Morgan fingerprint density at radius 2 is 2.08 bits per heavy atom. The molecule has 0 heterocycles. The zero-order valence-corrected chi connectivity index (χ0v) is 9.54. The van der Waals surface area contributed by atoms with Gasteiger partial charge in [-0.05, 0) is 13.8 Å². The van der Waals surface area contributed by atoms with E-state index in [0.29, 0.717) is 19.7 Å². The number of carbonyl (C=O) groups is 1. The molecule has 6 heteroatoms. The van der Waals surface area contributed by atoms with E-state index in [0.717, 1.165) is 0 Å². The number of nitrogens with one attached hydrogen (secondary N) is 1. The van der Waals surface area contributed by atoms with Gasteiger partial charge in [0.15, 0.2) is 0 Å². The summed E-state index contributed by atoms with van der Waals surface area (Å²) in [6.07, 6.45) is 0. The first-order chi connectivity index (χ1) is 5.22. The Morgan fingerprint density at radius 1 is 1.54 bits per heavy atom. The predicted octanol–water partition coefficient (Wildman–Crippen LogP) is 0.330. The van der Waals surface area contributed by atoms with Crippen LogP contribution in [0.2, 0.25) is 0 Å². The lowest BCUT2D eigenvalue weighted by atomic mass is 10.3. The number of halogens is 2. The summed E-state index contributed by atoms with van der Waals surface area (Å²) in [6.45, 7) is 5.14. The van der Waals surface area contributed by atoms with Gasteiger partial charge in [0.1, 0.15) is 6.04 Å². The van der Waals surface area contributed by atoms with E-state index in [4.69, 9.17) is 10.5 Å². The number of ether oxygens (including phenoxy) is 1. The van der Waals surface area contributed by atoms with Crippen LogP contribution in [0.5, 0.6) is 0 Å². The highest BCUT2D eigenvalue weighted by Gasteiger charge is 2.11. The van der Waals surface area contributed by atoms with Crippen LogP contribution in [0, 0.1) is 0 Å². The number of carbonyl (C=O) groups excluding carboxylic acids is 1. The first-order valence-corrected chi connectivity index (χ1v) is 3.82. The van der Waals surface area contributed by atoms with Gasteiger partial charge in [-0.3, -0.25) is 4.79 Å². The Morgan fingerprint density at radius 3 is 2.46 bits per heavy atom. The second kappa shape index (κ2) is 12.0. The summed E-state index contributed by atoms with van der Waals surface area (Å²) < 4.78 is 4.76. The molecule has 0 aromatic heterocycles. The second-order valence-electron chi connectivity index (χ2n) is 2.22. The molecule has 0 bridgehead atoms. The van der Waals surface area contributed by atoms with Gasteiger partial charge in [0.25, 0.3) is 0 Å². The standard InChI is InChI=1S/C7H16N2O2.2ClH/c1-3-11-7(10)6(2)9-5-4-8;;/h6,9H,3-5,8H2,1-2H3;2*1H. The average molecular weight is 233 g/mol. The monoisotopic (exact) mass is 232 g/mol. The highest BCUT2D eigenvalue weighted by atomic mass is 35.5. The quantitative estimate of drug-likeness (QED) is 0.671. The van der Waals surface area contributed by atoms with Crippen LogP contribution in [-0.2, 0) is 9.53 Å². The van der Waals surface area contributed by atoms with Gasteiger partial charge in [-0.1, -0.05) is 0 Å². The van der Waals surface area contributed by atoms with Crippen molar-refractivity contribution in [1.29, 1.82) is 0 Å². The van der Waals surface area contributed by atoms with E-state index in [1.165, 1.54) is 0 Å². The maximum Gasteiger partial charge on any atom is 0.322 e. The van der Waals surface area contributed by atoms with Crippen molar-refractivity contribution in [3.63, 3.8) is 0 Å². The lowest BCUT2D eigenvalue weighted by Crippen LogP contribution is -2.38. The zero-order valence-electron chi connectivity index (χ0n) is 7.91. The van der Waals surface area contributed by atoms with Gasteiger partial charge in [0.05, 0.1) is 6.61 Å². The molecule has 0 amide bonds. The van der Waals surface area contributed by atoms with Crippen LogP contribution in [0.1, 0.15) is 13.8 Å². The normalized spacial score (nSPS) is 10.7. The molecule has 0 saturated carbocycles. The van der Waals surface area contributed by atoms with Crippen molar-refractivity contribution in [3.05, 3.63) is 0 Å². The number of hydrogen-bond acceptors (Lipinski definition) is 4. The highest BCUT2D eigenvalue weighted by Crippen LogP contribution is 1.85. The summed E-state index contributed by atoms with van der Waals surface area (Å²) in [4.78, 5) is 10.9. The van der Waals surface area contributed by atoms with Crippen molar-refractivity contribution in [1.82, 2.24) is 5.32 Å². The molecule has 3 N–H and O–H groups in total. The molecule has 0 rings (SSSR count). The molecule has 0 aromatic carbocycles. The molecule has 0 spiro atoms. The third-order valence-electron chi connectivity index (χ3n) is 1.24. The topological polar surface area (TPSA) is 64.3 Å². The highest BCUT2D eigenvalue weighted by molar-refractivity contribution is 5.85. The third-order valence-corrected chi connectivity index (χ3v) is 1.24. The summed E-state index contributed by atoms with van der Waals surface area (Å²) in [5, 5.41) is 2.92. The number of rotatable bonds is 5. The molecule has 1 unspecified atom stereocenters. The first-order valence-electron chi connectivity index (χ1n) is 3.82. The molecule has 0 fully saturated rings. The second-order valence-corrected chi connectivity index (χ2v) is 2.22. The molecule has 0 aliphatic carbocycles. The summed E-state index contributed by atoms with van der Waals surface area (Å²) in [7, 11) is 0. The third kappa shape index (κ3) is 9.89. The maximum atomic E-state index is 10.9. The first kappa shape index (κ1) is 18.7. The van der Waals surface area contributed by atoms with Crippen molar-refractivity contribution in [3.8, 4) is 0 Å². The lowest BCUT2D eigenvalue weighted by Gasteiger charge is -2.10. The van der Waals surface area contributed by atoms with Crippen LogP contribution in [0.15, 0.2) is 0 Å². The SMILES string of the molecule is CCOC(=O)C(C)NCCN.Cl.Cl. The van der Waals surface area contributed by atoms with Crippen molar-refractivity contribution < 1.29 is 9.53 Å². The summed E-state index contributed by atoms with van der Waals surface area (Å²) in [5.41, 5.74) is 5.24. The van der Waals surface area contributed by atoms with Crippen LogP contribution in [0.4, 0.5) is 0 Å².